The van der Waals surface area contributed by atoms with Crippen LogP contribution >= 0.6 is 24.0 Å². The van der Waals surface area contributed by atoms with Crippen LogP contribution < -0.4 is 15.4 Å². The average Bonchev–Trinajstić information content (AvgIpc) is 3.03. The first kappa shape index (κ1) is 23.3. The maximum atomic E-state index is 12.3. The highest BCUT2D eigenvalue weighted by molar-refractivity contribution is 14.0. The highest BCUT2D eigenvalue weighted by Gasteiger charge is 2.31. The molecule has 1 aromatic carbocycles. The van der Waals surface area contributed by atoms with Crippen LogP contribution in [0.15, 0.2) is 23.2 Å². The molecule has 1 aromatic rings. The van der Waals surface area contributed by atoms with Crippen molar-refractivity contribution in [3.8, 4) is 5.75 Å². The van der Waals surface area contributed by atoms with E-state index >= 15 is 0 Å². The van der Waals surface area contributed by atoms with Crippen LogP contribution in [0.25, 0.3) is 0 Å². The minimum absolute atomic E-state index is 0. The lowest BCUT2D eigenvalue weighted by Crippen LogP contribution is -2.45. The number of halogens is 4. The van der Waals surface area contributed by atoms with Crippen molar-refractivity contribution >= 4 is 35.8 Å². The first-order valence-corrected chi connectivity index (χ1v) is 8.28. The molecule has 0 unspecified atom stereocenters. The number of benzene rings is 1. The Morgan fingerprint density at radius 3 is 2.74 bits per heavy atom. The zero-order chi connectivity index (χ0) is 19.2. The van der Waals surface area contributed by atoms with E-state index in [4.69, 9.17) is 4.74 Å². The minimum atomic E-state index is -4.41. The fourth-order valence-electron chi connectivity index (χ4n) is 2.59. The molecule has 0 saturated carbocycles. The number of nitrogens with one attached hydrogen (secondary N) is 2. The zero-order valence-electron chi connectivity index (χ0n) is 15.2. The molecule has 0 fully saturated rings. The highest BCUT2D eigenvalue weighted by Crippen LogP contribution is 2.25. The van der Waals surface area contributed by atoms with Crippen molar-refractivity contribution in [3.63, 3.8) is 0 Å². The fraction of sp³-hybridized carbons (Fsp3) is 0.529. The second kappa shape index (κ2) is 10.6. The summed E-state index contributed by atoms with van der Waals surface area (Å²) >= 11 is 0. The van der Waals surface area contributed by atoms with E-state index in [1.807, 2.05) is 12.1 Å². The Kier molecular flexibility index (Phi) is 9.13. The van der Waals surface area contributed by atoms with Crippen molar-refractivity contribution in [3.05, 3.63) is 29.3 Å². The Hall–Kier alpha value is -1.72. The maximum Gasteiger partial charge on any atom is 0.406 e. The van der Waals surface area contributed by atoms with E-state index in [2.05, 4.69) is 21.7 Å². The number of fused-ring (bicyclic) bond motifs is 1. The number of nitrogens with zero attached hydrogens (tertiary/aromatic N) is 2. The first-order valence-electron chi connectivity index (χ1n) is 8.28. The number of amides is 1. The number of guanidine groups is 1. The Bertz CT molecular complexity index is 668. The van der Waals surface area contributed by atoms with Crippen LogP contribution in [-0.2, 0) is 17.6 Å². The van der Waals surface area contributed by atoms with Gasteiger partial charge >= 0.3 is 6.18 Å². The van der Waals surface area contributed by atoms with Gasteiger partial charge < -0.3 is 20.3 Å². The topological polar surface area (TPSA) is 66.0 Å². The highest BCUT2D eigenvalue weighted by atomic mass is 127. The van der Waals surface area contributed by atoms with Gasteiger partial charge in [0.1, 0.15) is 12.3 Å². The van der Waals surface area contributed by atoms with E-state index in [0.717, 1.165) is 31.2 Å². The van der Waals surface area contributed by atoms with Gasteiger partial charge in [0.05, 0.1) is 13.2 Å². The molecular weight excluding hydrogens is 476 g/mol. The SMILES string of the molecule is CN=C(NCCc1ccc2c(c1)CCO2)NCC(=O)N(C)CC(F)(F)F.I. The number of hydrogen-bond acceptors (Lipinski definition) is 3. The molecule has 1 aliphatic rings. The second-order valence-corrected chi connectivity index (χ2v) is 6.01. The Morgan fingerprint density at radius 2 is 2.07 bits per heavy atom. The number of likely N-dealkylation sites (N-methyl/N-ethyl adjacent to an activating group) is 1. The minimum Gasteiger partial charge on any atom is -0.493 e. The number of hydrogen-bond donors (Lipinski definition) is 2. The molecule has 0 aromatic heterocycles. The van der Waals surface area contributed by atoms with Crippen LogP contribution in [0.2, 0.25) is 0 Å². The van der Waals surface area contributed by atoms with E-state index in [1.54, 1.807) is 0 Å². The van der Waals surface area contributed by atoms with Gasteiger partial charge in [0, 0.05) is 27.1 Å². The van der Waals surface area contributed by atoms with Gasteiger partial charge in [0.15, 0.2) is 5.96 Å². The van der Waals surface area contributed by atoms with Crippen LogP contribution in [0.1, 0.15) is 11.1 Å². The Morgan fingerprint density at radius 1 is 1.33 bits per heavy atom. The monoisotopic (exact) mass is 500 g/mol. The van der Waals surface area contributed by atoms with Crippen LogP contribution in [0.4, 0.5) is 13.2 Å². The van der Waals surface area contributed by atoms with E-state index < -0.39 is 18.6 Å². The maximum absolute atomic E-state index is 12.3. The van der Waals surface area contributed by atoms with Crippen molar-refractivity contribution < 1.29 is 22.7 Å². The second-order valence-electron chi connectivity index (χ2n) is 6.01. The average molecular weight is 500 g/mol. The Balaban J connectivity index is 0.00000364. The predicted octanol–water partition coefficient (Wildman–Crippen LogP) is 1.97. The first-order chi connectivity index (χ1) is 12.3. The van der Waals surface area contributed by atoms with Gasteiger partial charge in [-0.15, -0.1) is 24.0 Å². The summed E-state index contributed by atoms with van der Waals surface area (Å²) in [6, 6.07) is 6.06. The van der Waals surface area contributed by atoms with Gasteiger partial charge in [-0.3, -0.25) is 9.79 Å². The van der Waals surface area contributed by atoms with Crippen LogP contribution in [0.5, 0.6) is 5.75 Å². The van der Waals surface area contributed by atoms with Gasteiger partial charge in [0.25, 0.3) is 0 Å². The summed E-state index contributed by atoms with van der Waals surface area (Å²) < 4.78 is 42.3. The molecule has 1 heterocycles. The van der Waals surface area contributed by atoms with Crippen molar-refractivity contribution in [2.75, 3.05) is 40.3 Å². The quantitative estimate of drug-likeness (QED) is 0.356. The molecule has 2 N–H and O–H groups in total. The van der Waals surface area contributed by atoms with Crippen molar-refractivity contribution in [2.45, 2.75) is 19.0 Å². The molecular formula is C17H24F3IN4O2. The van der Waals surface area contributed by atoms with Crippen molar-refractivity contribution in [2.24, 2.45) is 4.99 Å². The van der Waals surface area contributed by atoms with Gasteiger partial charge in [-0.05, 0) is 23.6 Å². The summed E-state index contributed by atoms with van der Waals surface area (Å²) in [5.74, 6) is 0.632. The molecule has 1 amide bonds. The number of carbonyl (C=O) groups excluding carboxylic acids is 1. The van der Waals surface area contributed by atoms with Crippen LogP contribution in [0, 0.1) is 0 Å². The van der Waals surface area contributed by atoms with Gasteiger partial charge in [-0.2, -0.15) is 13.2 Å². The van der Waals surface area contributed by atoms with Gasteiger partial charge in [-0.25, -0.2) is 0 Å². The molecule has 10 heteroatoms. The molecule has 0 radical (unpaired) electrons. The third-order valence-corrected chi connectivity index (χ3v) is 3.93. The molecule has 0 bridgehead atoms. The smallest absolute Gasteiger partial charge is 0.406 e. The van der Waals surface area contributed by atoms with E-state index in [0.29, 0.717) is 24.0 Å². The molecule has 0 saturated heterocycles. The Labute approximate surface area is 173 Å². The number of ether oxygens (including phenoxy) is 1. The zero-order valence-corrected chi connectivity index (χ0v) is 17.6. The molecule has 152 valence electrons. The lowest BCUT2D eigenvalue weighted by atomic mass is 10.1. The number of rotatable bonds is 6. The normalized spacial score (nSPS) is 13.3. The van der Waals surface area contributed by atoms with Gasteiger partial charge in [0.2, 0.25) is 5.91 Å². The number of aliphatic imine (C=N–C) groups is 1. The van der Waals surface area contributed by atoms with Crippen molar-refractivity contribution in [1.82, 2.24) is 15.5 Å². The van der Waals surface area contributed by atoms with Gasteiger partial charge in [-0.1, -0.05) is 12.1 Å². The largest absolute Gasteiger partial charge is 0.493 e. The summed E-state index contributed by atoms with van der Waals surface area (Å²) in [5, 5.41) is 5.77. The molecule has 2 rings (SSSR count). The molecule has 0 spiro atoms. The standard InChI is InChI=1S/C17H23F3N4O2.HI/c1-21-16(23-10-15(25)24(2)11-17(18,19)20)22-7-5-12-3-4-14-13(9-12)6-8-26-14;/h3-4,9H,5-8,10-11H2,1-2H3,(H2,21,22,23);1H. The number of carbonyl (C=O) groups is 1. The summed E-state index contributed by atoms with van der Waals surface area (Å²) in [6.07, 6.45) is -2.76. The van der Waals surface area contributed by atoms with E-state index in [1.165, 1.54) is 12.6 Å². The summed E-state index contributed by atoms with van der Waals surface area (Å²) in [4.78, 5) is 16.3. The molecule has 6 nitrogen and oxygen atoms in total. The molecule has 1 aliphatic heterocycles. The lowest BCUT2D eigenvalue weighted by Gasteiger charge is -2.20. The molecule has 27 heavy (non-hydrogen) atoms. The molecule has 0 atom stereocenters. The van der Waals surface area contributed by atoms with E-state index in [9.17, 15) is 18.0 Å². The number of alkyl halides is 3. The summed E-state index contributed by atoms with van der Waals surface area (Å²) in [6.45, 7) is -0.250. The fourth-order valence-corrected chi connectivity index (χ4v) is 2.59. The van der Waals surface area contributed by atoms with Crippen molar-refractivity contribution in [1.29, 1.82) is 0 Å². The lowest BCUT2D eigenvalue weighted by molar-refractivity contribution is -0.157. The van der Waals surface area contributed by atoms with Crippen LogP contribution in [0.3, 0.4) is 0 Å². The predicted molar refractivity (Wildman–Crippen MR) is 108 cm³/mol. The third kappa shape index (κ3) is 7.81. The third-order valence-electron chi connectivity index (χ3n) is 3.93. The van der Waals surface area contributed by atoms with E-state index in [-0.39, 0.29) is 30.5 Å². The summed E-state index contributed by atoms with van der Waals surface area (Å²) in [5.41, 5.74) is 2.35. The van der Waals surface area contributed by atoms with Crippen LogP contribution in [-0.4, -0.2) is 63.3 Å². The summed E-state index contributed by atoms with van der Waals surface area (Å²) in [7, 11) is 2.65. The molecule has 0 aliphatic carbocycles.